The third-order valence-electron chi connectivity index (χ3n) is 5.36. The zero-order chi connectivity index (χ0) is 21.6. The zero-order valence-corrected chi connectivity index (χ0v) is 18.8. The second-order valence-corrected chi connectivity index (χ2v) is 8.75. The Morgan fingerprint density at radius 3 is 2.74 bits per heavy atom. The molecule has 162 valence electrons. The maximum atomic E-state index is 12.5. The lowest BCUT2D eigenvalue weighted by molar-refractivity contribution is -0.113. The molecule has 1 aromatic heterocycles. The lowest BCUT2D eigenvalue weighted by Crippen LogP contribution is -2.15. The lowest BCUT2D eigenvalue weighted by Gasteiger charge is -2.14. The van der Waals surface area contributed by atoms with Crippen LogP contribution in [0.15, 0.2) is 53.7 Å². The highest BCUT2D eigenvalue weighted by molar-refractivity contribution is 7.99. The Hall–Kier alpha value is -2.80. The minimum atomic E-state index is -0.0780. The highest BCUT2D eigenvalue weighted by Gasteiger charge is 2.17. The molecule has 0 unspecified atom stereocenters. The van der Waals surface area contributed by atoms with Gasteiger partial charge in [0.15, 0.2) is 11.0 Å². The number of aryl methyl sites for hydroxylation is 1. The van der Waals surface area contributed by atoms with Crippen LogP contribution in [0.3, 0.4) is 0 Å². The Labute approximate surface area is 187 Å². The van der Waals surface area contributed by atoms with Crippen molar-refractivity contribution in [2.45, 2.75) is 57.3 Å². The van der Waals surface area contributed by atoms with Gasteiger partial charge >= 0.3 is 0 Å². The molecule has 1 aliphatic carbocycles. The van der Waals surface area contributed by atoms with E-state index in [-0.39, 0.29) is 11.7 Å². The number of nitrogens with zero attached hydrogens (tertiary/aromatic N) is 3. The van der Waals surface area contributed by atoms with Crippen molar-refractivity contribution < 1.29 is 9.53 Å². The summed E-state index contributed by atoms with van der Waals surface area (Å²) in [5.74, 6) is 1.82. The van der Waals surface area contributed by atoms with Crippen LogP contribution < -0.4 is 10.1 Å². The highest BCUT2D eigenvalue weighted by atomic mass is 32.2. The molecule has 2 aromatic carbocycles. The number of amides is 1. The van der Waals surface area contributed by atoms with Gasteiger partial charge in [-0.15, -0.1) is 10.2 Å². The van der Waals surface area contributed by atoms with E-state index in [1.54, 1.807) is 0 Å². The van der Waals surface area contributed by atoms with E-state index in [0.29, 0.717) is 6.10 Å². The molecule has 1 aliphatic rings. The summed E-state index contributed by atoms with van der Waals surface area (Å²) in [4.78, 5) is 12.5. The van der Waals surface area contributed by atoms with Gasteiger partial charge in [-0.1, -0.05) is 41.6 Å². The fraction of sp³-hybridized carbons (Fsp3) is 0.375. The summed E-state index contributed by atoms with van der Waals surface area (Å²) in [6.45, 7) is 4.85. The van der Waals surface area contributed by atoms with Gasteiger partial charge in [-0.3, -0.25) is 4.79 Å². The molecule has 7 heteroatoms. The average Bonchev–Trinajstić information content (AvgIpc) is 3.42. The van der Waals surface area contributed by atoms with Crippen LogP contribution in [0.4, 0.5) is 5.69 Å². The van der Waals surface area contributed by atoms with Crippen LogP contribution in [0.25, 0.3) is 11.4 Å². The van der Waals surface area contributed by atoms with E-state index in [1.807, 2.05) is 41.0 Å². The minimum absolute atomic E-state index is 0.0780. The van der Waals surface area contributed by atoms with Crippen molar-refractivity contribution in [2.75, 3.05) is 11.1 Å². The van der Waals surface area contributed by atoms with E-state index in [2.05, 4.69) is 41.5 Å². The summed E-state index contributed by atoms with van der Waals surface area (Å²) in [5.41, 5.74) is 2.96. The van der Waals surface area contributed by atoms with Crippen LogP contribution in [0.5, 0.6) is 5.75 Å². The predicted octanol–water partition coefficient (Wildman–Crippen LogP) is 5.33. The molecular weight excluding hydrogens is 408 g/mol. The second kappa shape index (κ2) is 10.0. The van der Waals surface area contributed by atoms with Crippen LogP contribution >= 0.6 is 11.8 Å². The predicted molar refractivity (Wildman–Crippen MR) is 125 cm³/mol. The van der Waals surface area contributed by atoms with Crippen molar-refractivity contribution >= 4 is 23.4 Å². The van der Waals surface area contributed by atoms with E-state index in [1.165, 1.54) is 30.2 Å². The fourth-order valence-corrected chi connectivity index (χ4v) is 4.65. The van der Waals surface area contributed by atoms with Gasteiger partial charge in [0.25, 0.3) is 0 Å². The van der Waals surface area contributed by atoms with E-state index < -0.39 is 0 Å². The maximum Gasteiger partial charge on any atom is 0.234 e. The van der Waals surface area contributed by atoms with Gasteiger partial charge in [0.05, 0.1) is 11.9 Å². The maximum absolute atomic E-state index is 12.5. The molecule has 1 amide bonds. The number of aromatic nitrogens is 3. The van der Waals surface area contributed by atoms with Gasteiger partial charge in [-0.05, 0) is 57.7 Å². The number of ether oxygens (including phenoxy) is 1. The Bertz CT molecular complexity index is 1040. The number of hydrogen-bond acceptors (Lipinski definition) is 5. The molecule has 0 saturated heterocycles. The molecule has 1 N–H and O–H groups in total. The quantitative estimate of drug-likeness (QED) is 0.484. The third-order valence-corrected chi connectivity index (χ3v) is 6.33. The number of nitrogens with one attached hydrogen (secondary N) is 1. The van der Waals surface area contributed by atoms with E-state index in [9.17, 15) is 4.79 Å². The van der Waals surface area contributed by atoms with E-state index >= 15 is 0 Å². The first-order chi connectivity index (χ1) is 15.1. The van der Waals surface area contributed by atoms with E-state index in [4.69, 9.17) is 4.74 Å². The van der Waals surface area contributed by atoms with Crippen molar-refractivity contribution in [1.82, 2.24) is 14.8 Å². The van der Waals surface area contributed by atoms with Crippen molar-refractivity contribution in [3.05, 3.63) is 54.1 Å². The molecule has 1 saturated carbocycles. The zero-order valence-electron chi connectivity index (χ0n) is 18.0. The van der Waals surface area contributed by atoms with Gasteiger partial charge in [-0.2, -0.15) is 0 Å². The summed E-state index contributed by atoms with van der Waals surface area (Å²) in [5, 5.41) is 12.4. The van der Waals surface area contributed by atoms with Gasteiger partial charge in [-0.25, -0.2) is 0 Å². The topological polar surface area (TPSA) is 69.0 Å². The first kappa shape index (κ1) is 21.4. The molecular formula is C24H28N4O2S. The first-order valence-electron chi connectivity index (χ1n) is 10.8. The number of carbonyl (C=O) groups is 1. The fourth-order valence-electron chi connectivity index (χ4n) is 3.85. The first-order valence-corrected chi connectivity index (χ1v) is 11.8. The molecule has 1 fully saturated rings. The van der Waals surface area contributed by atoms with Crippen molar-refractivity contribution in [3.8, 4) is 17.1 Å². The van der Waals surface area contributed by atoms with Crippen LogP contribution in [0.2, 0.25) is 0 Å². The van der Waals surface area contributed by atoms with Crippen molar-refractivity contribution in [3.63, 3.8) is 0 Å². The number of anilines is 1. The normalized spacial score (nSPS) is 14.0. The van der Waals surface area contributed by atoms with Gasteiger partial charge in [0.2, 0.25) is 5.91 Å². The molecule has 0 bridgehead atoms. The Morgan fingerprint density at radius 1 is 1.16 bits per heavy atom. The third kappa shape index (κ3) is 5.47. The summed E-state index contributed by atoms with van der Waals surface area (Å²) in [6, 6.07) is 15.8. The lowest BCUT2D eigenvalue weighted by atomic mass is 10.1. The highest BCUT2D eigenvalue weighted by Crippen LogP contribution is 2.27. The molecule has 4 rings (SSSR count). The minimum Gasteiger partial charge on any atom is -0.490 e. The second-order valence-electron chi connectivity index (χ2n) is 7.81. The largest absolute Gasteiger partial charge is 0.490 e. The molecule has 3 aromatic rings. The van der Waals surface area contributed by atoms with Crippen molar-refractivity contribution in [2.24, 2.45) is 0 Å². The van der Waals surface area contributed by atoms with Crippen LogP contribution in [0, 0.1) is 6.92 Å². The summed E-state index contributed by atoms with van der Waals surface area (Å²) in [6.07, 6.45) is 4.97. The van der Waals surface area contributed by atoms with Gasteiger partial charge < -0.3 is 14.6 Å². The number of hydrogen-bond donors (Lipinski definition) is 1. The molecule has 1 heterocycles. The molecule has 0 radical (unpaired) electrons. The number of carbonyl (C=O) groups excluding carboxylic acids is 1. The van der Waals surface area contributed by atoms with Gasteiger partial charge in [0.1, 0.15) is 5.75 Å². The van der Waals surface area contributed by atoms with E-state index in [0.717, 1.165) is 47.4 Å². The average molecular weight is 437 g/mol. The summed E-state index contributed by atoms with van der Waals surface area (Å²) >= 11 is 1.40. The smallest absolute Gasteiger partial charge is 0.234 e. The summed E-state index contributed by atoms with van der Waals surface area (Å²) in [7, 11) is 0. The van der Waals surface area contributed by atoms with Crippen LogP contribution in [0.1, 0.15) is 38.2 Å². The number of thioether (sulfide) groups is 1. The Kier molecular flexibility index (Phi) is 6.92. The number of benzene rings is 2. The Balaban J connectivity index is 1.37. The molecule has 31 heavy (non-hydrogen) atoms. The van der Waals surface area contributed by atoms with Crippen LogP contribution in [-0.4, -0.2) is 32.5 Å². The molecule has 6 nitrogen and oxygen atoms in total. The monoisotopic (exact) mass is 436 g/mol. The Morgan fingerprint density at radius 2 is 1.97 bits per heavy atom. The molecule has 0 atom stereocenters. The molecule has 0 aliphatic heterocycles. The summed E-state index contributed by atoms with van der Waals surface area (Å²) < 4.78 is 8.08. The van der Waals surface area contributed by atoms with Crippen LogP contribution in [-0.2, 0) is 11.3 Å². The SMILES string of the molecule is CCn1c(SCC(=O)Nc2cccc(OC3CCCC3)c2)nnc1-c1cccc(C)c1. The number of rotatable bonds is 8. The van der Waals surface area contributed by atoms with Gasteiger partial charge in [0, 0.05) is 23.9 Å². The molecule has 0 spiro atoms. The van der Waals surface area contributed by atoms with Crippen molar-refractivity contribution in [1.29, 1.82) is 0 Å². The standard InChI is InChI=1S/C24H28N4O2S/c1-3-28-23(18-9-6-8-17(2)14-18)26-27-24(28)31-16-22(29)25-19-10-7-13-21(15-19)30-20-11-4-5-12-20/h6-10,13-15,20H,3-5,11-12,16H2,1-2H3,(H,25,29).